The summed E-state index contributed by atoms with van der Waals surface area (Å²) in [6.07, 6.45) is 8.60. The van der Waals surface area contributed by atoms with Crippen LogP contribution in [-0.2, 0) is 11.3 Å². The van der Waals surface area contributed by atoms with Gasteiger partial charge in [0.15, 0.2) is 0 Å². The summed E-state index contributed by atoms with van der Waals surface area (Å²) < 4.78 is 8.40. The Labute approximate surface area is 136 Å². The molecule has 0 amide bonds. The molecule has 1 fully saturated rings. The number of rotatable bonds is 7. The molecule has 0 bridgehead atoms. The smallest absolute Gasteiger partial charge is 0.0699 e. The van der Waals surface area contributed by atoms with Crippen molar-refractivity contribution < 1.29 is 4.74 Å². The molecule has 1 N–H and O–H groups in total. The normalized spacial score (nSPS) is 24.2. The van der Waals surface area contributed by atoms with Crippen LogP contribution in [-0.4, -0.2) is 30.5 Å². The van der Waals surface area contributed by atoms with Crippen molar-refractivity contribution in [3.63, 3.8) is 0 Å². The number of aromatic nitrogens is 2. The van der Waals surface area contributed by atoms with E-state index in [9.17, 15) is 0 Å². The number of nitrogens with zero attached hydrogens (tertiary/aromatic N) is 2. The lowest BCUT2D eigenvalue weighted by Gasteiger charge is -2.34. The van der Waals surface area contributed by atoms with Crippen LogP contribution < -0.4 is 5.32 Å². The van der Waals surface area contributed by atoms with E-state index in [-0.39, 0.29) is 0 Å². The molecule has 0 radical (unpaired) electrons. The lowest BCUT2D eigenvalue weighted by atomic mass is 9.76. The lowest BCUT2D eigenvalue weighted by molar-refractivity contribution is 0.175. The first kappa shape index (κ1) is 17.0. The molecule has 21 heavy (non-hydrogen) atoms. The Hall–Kier alpha value is -0.390. The number of nitrogens with one attached hydrogen (secondary N) is 1. The number of ether oxygens (including phenoxy) is 1. The van der Waals surface area contributed by atoms with Gasteiger partial charge in [0.25, 0.3) is 0 Å². The maximum atomic E-state index is 5.21. The summed E-state index contributed by atoms with van der Waals surface area (Å²) in [6, 6.07) is 0.369. The second-order valence-electron chi connectivity index (χ2n) is 6.06. The van der Waals surface area contributed by atoms with Gasteiger partial charge in [-0.25, -0.2) is 0 Å². The molecule has 1 saturated carbocycles. The van der Waals surface area contributed by atoms with Crippen LogP contribution in [0.2, 0.25) is 0 Å². The Morgan fingerprint density at radius 3 is 3.00 bits per heavy atom. The summed E-state index contributed by atoms with van der Waals surface area (Å²) in [5.74, 6) is 1.58. The molecule has 2 rings (SSSR count). The van der Waals surface area contributed by atoms with Crippen molar-refractivity contribution in [3.05, 3.63) is 16.4 Å². The van der Waals surface area contributed by atoms with Gasteiger partial charge in [-0.05, 0) is 47.7 Å². The third-order valence-corrected chi connectivity index (χ3v) is 5.43. The van der Waals surface area contributed by atoms with E-state index in [0.29, 0.717) is 18.6 Å². The summed E-state index contributed by atoms with van der Waals surface area (Å²) >= 11 is 3.69. The average molecular weight is 358 g/mol. The molecule has 3 unspecified atom stereocenters. The number of halogens is 1. The molecule has 1 aromatic heterocycles. The molecule has 120 valence electrons. The van der Waals surface area contributed by atoms with Crippen LogP contribution in [0.3, 0.4) is 0 Å². The molecule has 0 aromatic carbocycles. The van der Waals surface area contributed by atoms with Crippen molar-refractivity contribution in [2.75, 3.05) is 20.8 Å². The van der Waals surface area contributed by atoms with Crippen molar-refractivity contribution in [2.24, 2.45) is 11.8 Å². The second-order valence-corrected chi connectivity index (χ2v) is 6.92. The zero-order chi connectivity index (χ0) is 15.2. The molecular formula is C16H28BrN3O. The highest BCUT2D eigenvalue weighted by Gasteiger charge is 2.31. The third-order valence-electron chi connectivity index (χ3n) is 4.82. The highest BCUT2D eigenvalue weighted by molar-refractivity contribution is 9.10. The Balaban J connectivity index is 2.18. The lowest BCUT2D eigenvalue weighted by Crippen LogP contribution is -2.32. The van der Waals surface area contributed by atoms with Gasteiger partial charge in [-0.15, -0.1) is 0 Å². The first-order chi connectivity index (χ1) is 10.2. The zero-order valence-electron chi connectivity index (χ0n) is 13.4. The molecule has 4 nitrogen and oxygen atoms in total. The summed E-state index contributed by atoms with van der Waals surface area (Å²) in [5.41, 5.74) is 1.27. The van der Waals surface area contributed by atoms with Gasteiger partial charge >= 0.3 is 0 Å². The Bertz CT molecular complexity index is 435. The second kappa shape index (κ2) is 8.30. The van der Waals surface area contributed by atoms with Gasteiger partial charge in [0, 0.05) is 7.11 Å². The fourth-order valence-corrected chi connectivity index (χ4v) is 4.18. The molecule has 0 saturated heterocycles. The highest BCUT2D eigenvalue weighted by atomic mass is 79.9. The Morgan fingerprint density at radius 2 is 2.33 bits per heavy atom. The van der Waals surface area contributed by atoms with Crippen LogP contribution in [0.4, 0.5) is 0 Å². The molecular weight excluding hydrogens is 330 g/mol. The van der Waals surface area contributed by atoms with E-state index in [2.05, 4.69) is 45.0 Å². The summed E-state index contributed by atoms with van der Waals surface area (Å²) in [5, 5.41) is 8.05. The van der Waals surface area contributed by atoms with Crippen LogP contribution in [0.25, 0.3) is 0 Å². The van der Waals surface area contributed by atoms with Gasteiger partial charge in [0.05, 0.1) is 35.6 Å². The van der Waals surface area contributed by atoms with Crippen molar-refractivity contribution in [2.45, 2.75) is 51.6 Å². The average Bonchev–Trinajstić information content (AvgIpc) is 2.88. The molecule has 5 heteroatoms. The molecule has 3 atom stereocenters. The van der Waals surface area contributed by atoms with Crippen molar-refractivity contribution in [3.8, 4) is 0 Å². The number of hydrogen-bond acceptors (Lipinski definition) is 3. The summed E-state index contributed by atoms with van der Waals surface area (Å²) in [6.45, 7) is 3.82. The van der Waals surface area contributed by atoms with Crippen molar-refractivity contribution in [1.29, 1.82) is 0 Å². The van der Waals surface area contributed by atoms with E-state index >= 15 is 0 Å². The molecule has 1 aliphatic carbocycles. The van der Waals surface area contributed by atoms with Gasteiger partial charge in [-0.2, -0.15) is 5.10 Å². The quantitative estimate of drug-likeness (QED) is 0.807. The standard InChI is InChI=1S/C16H28BrN3O/c1-4-12-6-5-7-13(10-12)15(18-2)16-14(17)11-19-20(16)8-9-21-3/h11-13,15,18H,4-10H2,1-3H3. The SMILES string of the molecule is CCC1CCCC(C(NC)c2c(Br)cnn2CCOC)C1. The van der Waals surface area contributed by atoms with E-state index in [1.165, 1.54) is 37.8 Å². The van der Waals surface area contributed by atoms with Gasteiger partial charge in [-0.3, -0.25) is 4.68 Å². The Kier molecular flexibility index (Phi) is 6.71. The van der Waals surface area contributed by atoms with Crippen LogP contribution in [0, 0.1) is 11.8 Å². The largest absolute Gasteiger partial charge is 0.383 e. The topological polar surface area (TPSA) is 39.1 Å². The van der Waals surface area contributed by atoms with E-state index in [1.54, 1.807) is 7.11 Å². The van der Waals surface area contributed by atoms with Crippen LogP contribution in [0.5, 0.6) is 0 Å². The minimum Gasteiger partial charge on any atom is -0.383 e. The molecule has 0 aliphatic heterocycles. The predicted octanol–water partition coefficient (Wildman–Crippen LogP) is 3.77. The summed E-state index contributed by atoms with van der Waals surface area (Å²) in [4.78, 5) is 0. The first-order valence-electron chi connectivity index (χ1n) is 8.08. The minimum absolute atomic E-state index is 0.369. The maximum Gasteiger partial charge on any atom is 0.0699 e. The predicted molar refractivity (Wildman–Crippen MR) is 89.3 cm³/mol. The molecule has 1 heterocycles. The van der Waals surface area contributed by atoms with Crippen LogP contribution in [0.1, 0.15) is 50.8 Å². The van der Waals surface area contributed by atoms with Gasteiger partial charge in [0.1, 0.15) is 0 Å². The fraction of sp³-hybridized carbons (Fsp3) is 0.812. The first-order valence-corrected chi connectivity index (χ1v) is 8.87. The fourth-order valence-electron chi connectivity index (χ4n) is 3.64. The number of hydrogen-bond donors (Lipinski definition) is 1. The summed E-state index contributed by atoms with van der Waals surface area (Å²) in [7, 11) is 3.81. The van der Waals surface area contributed by atoms with Crippen LogP contribution >= 0.6 is 15.9 Å². The van der Waals surface area contributed by atoms with E-state index in [4.69, 9.17) is 4.74 Å². The minimum atomic E-state index is 0.369. The Morgan fingerprint density at radius 1 is 1.52 bits per heavy atom. The van der Waals surface area contributed by atoms with Gasteiger partial charge in [0.2, 0.25) is 0 Å². The van der Waals surface area contributed by atoms with E-state index in [1.807, 2.05) is 6.20 Å². The van der Waals surface area contributed by atoms with E-state index < -0.39 is 0 Å². The van der Waals surface area contributed by atoms with Crippen molar-refractivity contribution in [1.82, 2.24) is 15.1 Å². The molecule has 1 aliphatic rings. The van der Waals surface area contributed by atoms with E-state index in [0.717, 1.165) is 16.9 Å². The van der Waals surface area contributed by atoms with Gasteiger partial charge in [-0.1, -0.05) is 26.2 Å². The monoisotopic (exact) mass is 357 g/mol. The van der Waals surface area contributed by atoms with Crippen molar-refractivity contribution >= 4 is 15.9 Å². The zero-order valence-corrected chi connectivity index (χ0v) is 15.0. The molecule has 0 spiro atoms. The third kappa shape index (κ3) is 4.08. The highest BCUT2D eigenvalue weighted by Crippen LogP contribution is 2.40. The number of methoxy groups -OCH3 is 1. The maximum absolute atomic E-state index is 5.21. The molecule has 1 aromatic rings. The van der Waals surface area contributed by atoms with Crippen LogP contribution in [0.15, 0.2) is 10.7 Å². The van der Waals surface area contributed by atoms with Gasteiger partial charge < -0.3 is 10.1 Å².